The van der Waals surface area contributed by atoms with E-state index in [1.165, 1.54) is 0 Å². The van der Waals surface area contributed by atoms with E-state index in [9.17, 15) is 0 Å². The Labute approximate surface area is 65.0 Å². The Balaban J connectivity index is 2.80. The summed E-state index contributed by atoms with van der Waals surface area (Å²) in [5.74, 6) is 0. The third kappa shape index (κ3) is 1.52. The van der Waals surface area contributed by atoms with Gasteiger partial charge in [0.05, 0.1) is 6.61 Å². The van der Waals surface area contributed by atoms with Crippen molar-refractivity contribution in [1.29, 1.82) is 0 Å². The summed E-state index contributed by atoms with van der Waals surface area (Å²) in [4.78, 5) is 0. The lowest BCUT2D eigenvalue weighted by molar-refractivity contribution is 0.325. The van der Waals surface area contributed by atoms with Gasteiger partial charge in [0.1, 0.15) is 0 Å². The molecule has 1 aliphatic carbocycles. The van der Waals surface area contributed by atoms with E-state index < -0.39 is 0 Å². The van der Waals surface area contributed by atoms with Crippen LogP contribution in [-0.2, 0) is 0 Å². The Morgan fingerprint density at radius 1 is 1.60 bits per heavy atom. The van der Waals surface area contributed by atoms with Gasteiger partial charge >= 0.3 is 0 Å². The average molecular weight is 160 g/mol. The molecule has 0 spiro atoms. The molecule has 0 saturated heterocycles. The number of rotatable bonds is 1. The van der Waals surface area contributed by atoms with Crippen LogP contribution in [0.25, 0.3) is 0 Å². The first-order valence-corrected chi connectivity index (χ1v) is 3.56. The SMILES string of the molecule is NC1=C(CO)CCC(Cl)=C1. The average Bonchev–Trinajstić information content (AvgIpc) is 1.88. The molecule has 0 aromatic heterocycles. The third-order valence-corrected chi connectivity index (χ3v) is 1.87. The highest BCUT2D eigenvalue weighted by atomic mass is 35.5. The van der Waals surface area contributed by atoms with Crippen molar-refractivity contribution < 1.29 is 5.11 Å². The molecule has 0 bridgehead atoms. The Kier molecular flexibility index (Phi) is 2.35. The molecule has 10 heavy (non-hydrogen) atoms. The maximum Gasteiger partial charge on any atom is 0.0664 e. The van der Waals surface area contributed by atoms with Crippen LogP contribution in [0.5, 0.6) is 0 Å². The van der Waals surface area contributed by atoms with E-state index in [1.807, 2.05) is 0 Å². The molecular weight excluding hydrogens is 150 g/mol. The number of hydrogen-bond acceptors (Lipinski definition) is 2. The number of allylic oxidation sites excluding steroid dienone is 2. The Morgan fingerprint density at radius 3 is 2.80 bits per heavy atom. The van der Waals surface area contributed by atoms with Crippen LogP contribution in [0.1, 0.15) is 12.8 Å². The quantitative estimate of drug-likeness (QED) is 0.602. The van der Waals surface area contributed by atoms with Crippen LogP contribution in [0.3, 0.4) is 0 Å². The van der Waals surface area contributed by atoms with E-state index in [4.69, 9.17) is 22.4 Å². The van der Waals surface area contributed by atoms with Gasteiger partial charge in [-0.25, -0.2) is 0 Å². The van der Waals surface area contributed by atoms with Crippen molar-refractivity contribution in [1.82, 2.24) is 0 Å². The summed E-state index contributed by atoms with van der Waals surface area (Å²) in [6.45, 7) is 0.0481. The number of halogens is 1. The zero-order valence-electron chi connectivity index (χ0n) is 5.60. The fourth-order valence-electron chi connectivity index (χ4n) is 0.928. The van der Waals surface area contributed by atoms with Gasteiger partial charge in [0.2, 0.25) is 0 Å². The minimum atomic E-state index is 0.0481. The maximum atomic E-state index is 8.74. The van der Waals surface area contributed by atoms with Crippen molar-refractivity contribution in [2.24, 2.45) is 5.73 Å². The molecule has 56 valence electrons. The van der Waals surface area contributed by atoms with Gasteiger partial charge in [0, 0.05) is 10.7 Å². The number of nitrogens with two attached hydrogens (primary N) is 1. The Morgan fingerprint density at radius 2 is 2.30 bits per heavy atom. The molecule has 1 rings (SSSR count). The molecule has 0 heterocycles. The van der Waals surface area contributed by atoms with Crippen LogP contribution in [0, 0.1) is 0 Å². The van der Waals surface area contributed by atoms with E-state index in [0.717, 1.165) is 23.4 Å². The Bertz CT molecular complexity index is 196. The van der Waals surface area contributed by atoms with Gasteiger partial charge in [-0.2, -0.15) is 0 Å². The number of aliphatic hydroxyl groups excluding tert-OH is 1. The first-order valence-electron chi connectivity index (χ1n) is 3.18. The standard InChI is InChI=1S/C7H10ClNO/c8-6-2-1-5(4-10)7(9)3-6/h3,10H,1-2,4,9H2. The molecule has 0 atom stereocenters. The van der Waals surface area contributed by atoms with Crippen LogP contribution < -0.4 is 5.73 Å². The van der Waals surface area contributed by atoms with E-state index in [2.05, 4.69) is 0 Å². The fraction of sp³-hybridized carbons (Fsp3) is 0.429. The van der Waals surface area contributed by atoms with Crippen LogP contribution in [-0.4, -0.2) is 11.7 Å². The van der Waals surface area contributed by atoms with E-state index >= 15 is 0 Å². The molecule has 0 fully saturated rings. The summed E-state index contributed by atoms with van der Waals surface area (Å²) >= 11 is 5.70. The topological polar surface area (TPSA) is 46.2 Å². The molecule has 1 aliphatic rings. The second-order valence-corrected chi connectivity index (χ2v) is 2.79. The minimum absolute atomic E-state index is 0.0481. The summed E-state index contributed by atoms with van der Waals surface area (Å²) in [6.07, 6.45) is 3.30. The van der Waals surface area contributed by atoms with E-state index in [1.54, 1.807) is 6.08 Å². The molecule has 3 heteroatoms. The summed E-state index contributed by atoms with van der Waals surface area (Å²) in [5.41, 5.74) is 7.06. The van der Waals surface area contributed by atoms with Gasteiger partial charge in [-0.15, -0.1) is 0 Å². The molecular formula is C7H10ClNO. The normalized spacial score (nSPS) is 19.2. The zero-order valence-corrected chi connectivity index (χ0v) is 6.36. The molecule has 0 radical (unpaired) electrons. The van der Waals surface area contributed by atoms with Gasteiger partial charge in [0.15, 0.2) is 0 Å². The summed E-state index contributed by atoms with van der Waals surface area (Å²) < 4.78 is 0. The lowest BCUT2D eigenvalue weighted by Crippen LogP contribution is -2.07. The van der Waals surface area contributed by atoms with Gasteiger partial charge in [-0.3, -0.25) is 0 Å². The van der Waals surface area contributed by atoms with Crippen LogP contribution in [0.2, 0.25) is 0 Å². The molecule has 0 aromatic rings. The number of aliphatic hydroxyl groups is 1. The van der Waals surface area contributed by atoms with Crippen LogP contribution in [0.4, 0.5) is 0 Å². The van der Waals surface area contributed by atoms with Crippen molar-refractivity contribution in [3.8, 4) is 0 Å². The molecule has 2 nitrogen and oxygen atoms in total. The molecule has 0 amide bonds. The lowest BCUT2D eigenvalue weighted by atomic mass is 10.0. The van der Waals surface area contributed by atoms with Crippen molar-refractivity contribution >= 4 is 11.6 Å². The lowest BCUT2D eigenvalue weighted by Gasteiger charge is -2.11. The van der Waals surface area contributed by atoms with Gasteiger partial charge in [0.25, 0.3) is 0 Å². The second-order valence-electron chi connectivity index (χ2n) is 2.31. The second kappa shape index (κ2) is 3.08. The van der Waals surface area contributed by atoms with E-state index in [-0.39, 0.29) is 6.61 Å². The Hall–Kier alpha value is -0.470. The highest BCUT2D eigenvalue weighted by Crippen LogP contribution is 2.22. The summed E-state index contributed by atoms with van der Waals surface area (Å²) in [7, 11) is 0. The molecule has 0 unspecified atom stereocenters. The molecule has 0 aromatic carbocycles. The highest BCUT2D eigenvalue weighted by Gasteiger charge is 2.07. The fourth-order valence-corrected chi connectivity index (χ4v) is 1.14. The molecule has 0 aliphatic heterocycles. The number of hydrogen-bond donors (Lipinski definition) is 2. The predicted molar refractivity (Wildman–Crippen MR) is 41.5 cm³/mol. The molecule has 3 N–H and O–H groups in total. The third-order valence-electron chi connectivity index (χ3n) is 1.58. The predicted octanol–water partition coefficient (Wildman–Crippen LogP) is 1.11. The highest BCUT2D eigenvalue weighted by molar-refractivity contribution is 6.29. The molecule has 0 saturated carbocycles. The first kappa shape index (κ1) is 7.63. The van der Waals surface area contributed by atoms with Gasteiger partial charge in [-0.1, -0.05) is 11.6 Å². The summed E-state index contributed by atoms with van der Waals surface area (Å²) in [6, 6.07) is 0. The van der Waals surface area contributed by atoms with Crippen molar-refractivity contribution in [3.63, 3.8) is 0 Å². The minimum Gasteiger partial charge on any atom is -0.399 e. The largest absolute Gasteiger partial charge is 0.399 e. The maximum absolute atomic E-state index is 8.74. The van der Waals surface area contributed by atoms with Gasteiger partial charge < -0.3 is 10.8 Å². The smallest absolute Gasteiger partial charge is 0.0664 e. The van der Waals surface area contributed by atoms with Crippen molar-refractivity contribution in [2.75, 3.05) is 6.61 Å². The first-order chi connectivity index (χ1) is 4.74. The zero-order chi connectivity index (χ0) is 7.56. The monoisotopic (exact) mass is 159 g/mol. The van der Waals surface area contributed by atoms with Crippen molar-refractivity contribution in [3.05, 3.63) is 22.4 Å². The van der Waals surface area contributed by atoms with Crippen LogP contribution >= 0.6 is 11.6 Å². The van der Waals surface area contributed by atoms with Gasteiger partial charge in [-0.05, 0) is 24.5 Å². The van der Waals surface area contributed by atoms with Crippen LogP contribution in [0.15, 0.2) is 22.4 Å². The van der Waals surface area contributed by atoms with E-state index in [0.29, 0.717) is 5.70 Å². The summed E-state index contributed by atoms with van der Waals surface area (Å²) in [5, 5.41) is 9.51. The van der Waals surface area contributed by atoms with Crippen molar-refractivity contribution in [2.45, 2.75) is 12.8 Å².